The Bertz CT molecular complexity index is 120. The van der Waals surface area contributed by atoms with Crippen molar-refractivity contribution in [2.75, 3.05) is 0 Å². The summed E-state index contributed by atoms with van der Waals surface area (Å²) < 4.78 is 0. The molecule has 0 atom stereocenters. The second-order valence-corrected chi connectivity index (χ2v) is 1.47. The molecule has 0 fully saturated rings. The molecule has 13 heteroatoms. The Kier molecular flexibility index (Phi) is 266. The molecule has 0 aromatic heterocycles. The second kappa shape index (κ2) is 65.3. The van der Waals surface area contributed by atoms with Crippen molar-refractivity contribution < 1.29 is 109 Å². The predicted molar refractivity (Wildman–Crippen MR) is 53.7 cm³/mol. The summed E-state index contributed by atoms with van der Waals surface area (Å²) in [6, 6.07) is 0. The molecule has 131 valence electrons. The van der Waals surface area contributed by atoms with E-state index in [4.69, 9.17) is 29.7 Å². The molecule has 0 aromatic carbocycles. The van der Waals surface area contributed by atoms with Crippen LogP contribution in [0.25, 0.3) is 0 Å². The second-order valence-electron chi connectivity index (χ2n) is 1.47. The van der Waals surface area contributed by atoms with E-state index in [1.54, 1.807) is 0 Å². The van der Waals surface area contributed by atoms with E-state index in [-0.39, 0.29) is 79.8 Å². The SMILES string of the molecule is CC(=O)[O-].CC(=O)[O-].CC(=O)[O-].O.O.O.O.O.O.[Yb+3]. The zero-order chi connectivity index (χ0) is 10.7. The van der Waals surface area contributed by atoms with Crippen LogP contribution in [0.3, 0.4) is 0 Å². The number of aliphatic carboxylic acids is 3. The minimum Gasteiger partial charge on any atom is -0.550 e. The van der Waals surface area contributed by atoms with Gasteiger partial charge >= 0.3 is 46.9 Å². The molecule has 12 nitrogen and oxygen atoms in total. The number of carboxylic acids is 3. The fourth-order valence-electron chi connectivity index (χ4n) is 0. The molecule has 0 unspecified atom stereocenters. The van der Waals surface area contributed by atoms with Crippen LogP contribution < -0.4 is 15.3 Å². The Morgan fingerprint density at radius 3 is 0.526 bits per heavy atom. The molecule has 0 aliphatic heterocycles. The van der Waals surface area contributed by atoms with Crippen molar-refractivity contribution in [3.63, 3.8) is 0 Å². The summed E-state index contributed by atoms with van der Waals surface area (Å²) in [6.07, 6.45) is 0. The standard InChI is InChI=1S/3C2H4O2.6H2O.Yb/c3*1-2(3)4;;;;;;;/h3*1H3,(H,3,4);6*1H2;/q;;;;;;;;;+3/p-3. The summed E-state index contributed by atoms with van der Waals surface area (Å²) in [7, 11) is 0. The van der Waals surface area contributed by atoms with Crippen molar-refractivity contribution in [1.82, 2.24) is 0 Å². The van der Waals surface area contributed by atoms with E-state index in [0.29, 0.717) is 0 Å². The van der Waals surface area contributed by atoms with E-state index in [2.05, 4.69) is 0 Å². The van der Waals surface area contributed by atoms with Gasteiger partial charge in [-0.15, -0.1) is 0 Å². The molecule has 0 aromatic rings. The van der Waals surface area contributed by atoms with Crippen LogP contribution in [-0.2, 0) is 14.4 Å². The van der Waals surface area contributed by atoms with E-state index in [1.807, 2.05) is 0 Å². The van der Waals surface area contributed by atoms with Gasteiger partial charge in [0.2, 0.25) is 0 Å². The number of carboxylic acid groups (broad SMARTS) is 3. The van der Waals surface area contributed by atoms with Gasteiger partial charge in [0.1, 0.15) is 0 Å². The summed E-state index contributed by atoms with van der Waals surface area (Å²) in [6.45, 7) is 2.92. The maximum Gasteiger partial charge on any atom is 3.00 e. The quantitative estimate of drug-likeness (QED) is 0.339. The van der Waals surface area contributed by atoms with Gasteiger partial charge in [-0.3, -0.25) is 0 Å². The van der Waals surface area contributed by atoms with Crippen LogP contribution in [0, 0.1) is 46.9 Å². The fourth-order valence-corrected chi connectivity index (χ4v) is 0. The topological polar surface area (TPSA) is 309 Å². The minimum absolute atomic E-state index is 0. The van der Waals surface area contributed by atoms with Gasteiger partial charge in [0.25, 0.3) is 0 Å². The first-order valence-corrected chi connectivity index (χ1v) is 2.72. The van der Waals surface area contributed by atoms with Crippen LogP contribution in [0.15, 0.2) is 0 Å². The Morgan fingerprint density at radius 2 is 0.526 bits per heavy atom. The van der Waals surface area contributed by atoms with E-state index in [9.17, 15) is 0 Å². The van der Waals surface area contributed by atoms with E-state index in [0.717, 1.165) is 20.8 Å². The summed E-state index contributed by atoms with van der Waals surface area (Å²) in [5.74, 6) is -3.25. The maximum absolute atomic E-state index is 8.89. The number of hydrogen-bond donors (Lipinski definition) is 0. The van der Waals surface area contributed by atoms with Crippen LogP contribution in [-0.4, -0.2) is 50.8 Å². The van der Waals surface area contributed by atoms with Crippen molar-refractivity contribution in [2.45, 2.75) is 20.8 Å². The van der Waals surface area contributed by atoms with Crippen molar-refractivity contribution in [1.29, 1.82) is 0 Å². The monoisotopic (exact) mass is 459 g/mol. The average Bonchev–Trinajstić information content (AvgIpc) is 1.54. The summed E-state index contributed by atoms with van der Waals surface area (Å²) in [5, 5.41) is 26.7. The third kappa shape index (κ3) is 45200. The summed E-state index contributed by atoms with van der Waals surface area (Å²) in [4.78, 5) is 26.7. The predicted octanol–water partition coefficient (Wildman–Crippen LogP) is -8.68. The molecule has 0 spiro atoms. The van der Waals surface area contributed by atoms with Crippen LogP contribution in [0.5, 0.6) is 0 Å². The van der Waals surface area contributed by atoms with Gasteiger partial charge in [-0.1, -0.05) is 0 Å². The molecule has 0 heterocycles. The van der Waals surface area contributed by atoms with Crippen LogP contribution in [0.4, 0.5) is 0 Å². The first kappa shape index (κ1) is 77.5. The largest absolute Gasteiger partial charge is 3.00 e. The Balaban J connectivity index is -0.00000000675. The molecule has 0 aliphatic carbocycles. The Labute approximate surface area is 147 Å². The molecule has 0 saturated heterocycles. The fraction of sp³-hybridized carbons (Fsp3) is 0.500. The normalized spacial score (nSPS) is 3.95. The molecule has 0 aliphatic rings. The number of rotatable bonds is 0. The Hall–Kier alpha value is -0.311. The van der Waals surface area contributed by atoms with Crippen LogP contribution in [0.1, 0.15) is 20.8 Å². The van der Waals surface area contributed by atoms with Gasteiger partial charge in [-0.25, -0.2) is 0 Å². The molecule has 1 radical (unpaired) electrons. The summed E-state index contributed by atoms with van der Waals surface area (Å²) >= 11 is 0. The zero-order valence-corrected chi connectivity index (χ0v) is 11.9. The summed E-state index contributed by atoms with van der Waals surface area (Å²) in [5.41, 5.74) is 0. The minimum atomic E-state index is -1.08. The molecule has 0 bridgehead atoms. The van der Waals surface area contributed by atoms with Crippen molar-refractivity contribution in [3.05, 3.63) is 0 Å². The number of carbonyl (C=O) groups excluding carboxylic acids is 3. The first-order valence-electron chi connectivity index (χ1n) is 2.72. The zero-order valence-electron chi connectivity index (χ0n) is 10.2. The van der Waals surface area contributed by atoms with E-state index in [1.165, 1.54) is 0 Å². The molecular weight excluding hydrogens is 437 g/mol. The third-order valence-electron chi connectivity index (χ3n) is 0. The van der Waals surface area contributed by atoms with Gasteiger partial charge in [0.05, 0.1) is 0 Å². The van der Waals surface area contributed by atoms with Crippen molar-refractivity contribution in [2.24, 2.45) is 0 Å². The van der Waals surface area contributed by atoms with E-state index < -0.39 is 17.9 Å². The van der Waals surface area contributed by atoms with Crippen molar-refractivity contribution in [3.8, 4) is 0 Å². The third-order valence-corrected chi connectivity index (χ3v) is 0. The van der Waals surface area contributed by atoms with Gasteiger partial charge in [0, 0.05) is 17.9 Å². The molecule has 12 N–H and O–H groups in total. The molecule has 0 rings (SSSR count). The van der Waals surface area contributed by atoms with E-state index >= 15 is 0 Å². The molecule has 19 heavy (non-hydrogen) atoms. The van der Waals surface area contributed by atoms with Crippen LogP contribution in [0.2, 0.25) is 0 Å². The van der Waals surface area contributed by atoms with Gasteiger partial charge in [-0.2, -0.15) is 0 Å². The maximum atomic E-state index is 8.89. The average molecular weight is 458 g/mol. The number of carbonyl (C=O) groups is 3. The van der Waals surface area contributed by atoms with Gasteiger partial charge in [-0.05, 0) is 20.8 Å². The molecular formula is C6H21O12Yb. The number of hydrogen-bond acceptors (Lipinski definition) is 6. The molecule has 0 amide bonds. The van der Waals surface area contributed by atoms with Crippen molar-refractivity contribution >= 4 is 17.9 Å². The Morgan fingerprint density at radius 1 is 0.526 bits per heavy atom. The van der Waals surface area contributed by atoms with Gasteiger partial charge < -0.3 is 62.6 Å². The molecule has 0 saturated carbocycles. The first-order chi connectivity index (χ1) is 5.20. The van der Waals surface area contributed by atoms with Gasteiger partial charge in [0.15, 0.2) is 0 Å². The smallest absolute Gasteiger partial charge is 0.550 e. The van der Waals surface area contributed by atoms with Crippen LogP contribution >= 0.6 is 0 Å².